The van der Waals surface area contributed by atoms with Gasteiger partial charge in [-0.15, -0.1) is 0 Å². The zero-order valence-corrected chi connectivity index (χ0v) is 8.07. The van der Waals surface area contributed by atoms with Crippen LogP contribution in [0.5, 0.6) is 0 Å². The Morgan fingerprint density at radius 2 is 2.23 bits per heavy atom. The molecule has 6 heteroatoms. The number of aliphatic hydroxyl groups is 1. The van der Waals surface area contributed by atoms with Gasteiger partial charge in [-0.3, -0.25) is 0 Å². The maximum absolute atomic E-state index is 12.8. The molecule has 0 aromatic rings. The van der Waals surface area contributed by atoms with Crippen molar-refractivity contribution in [2.75, 3.05) is 24.7 Å². The number of carbonyl (C=O) groups is 1. The first-order chi connectivity index (χ1) is 6.04. The first-order valence-electron chi connectivity index (χ1n) is 3.78. The van der Waals surface area contributed by atoms with E-state index in [1.807, 2.05) is 0 Å². The number of esters is 1. The molecule has 0 amide bonds. The second kappa shape index (κ2) is 6.15. The second-order valence-corrected chi connectivity index (χ2v) is 3.31. The van der Waals surface area contributed by atoms with Gasteiger partial charge in [0.2, 0.25) is 0 Å². The fourth-order valence-corrected chi connectivity index (χ4v) is 1.21. The van der Waals surface area contributed by atoms with Gasteiger partial charge in [-0.25, -0.2) is 4.79 Å². The van der Waals surface area contributed by atoms with E-state index in [0.29, 0.717) is 0 Å². The summed E-state index contributed by atoms with van der Waals surface area (Å²) in [5.41, 5.74) is 0. The standard InChI is InChI=1S/C7H12F2O3S/c1-2-12-6(11)7(8,9)5-13-4-3-10/h10H,2-5H2,1H3. The Balaban J connectivity index is 3.83. The van der Waals surface area contributed by atoms with Crippen molar-refractivity contribution in [3.63, 3.8) is 0 Å². The van der Waals surface area contributed by atoms with Crippen LogP contribution in [0.2, 0.25) is 0 Å². The quantitative estimate of drug-likeness (QED) is 0.527. The van der Waals surface area contributed by atoms with Gasteiger partial charge in [0.25, 0.3) is 0 Å². The average molecular weight is 214 g/mol. The molecule has 1 N–H and O–H groups in total. The summed E-state index contributed by atoms with van der Waals surface area (Å²) in [4.78, 5) is 10.6. The van der Waals surface area contributed by atoms with Crippen LogP contribution < -0.4 is 0 Å². The number of halogens is 2. The zero-order valence-electron chi connectivity index (χ0n) is 7.26. The van der Waals surface area contributed by atoms with Crippen LogP contribution in [0.4, 0.5) is 8.78 Å². The molecule has 0 spiro atoms. The minimum Gasteiger partial charge on any atom is -0.462 e. The normalized spacial score (nSPS) is 11.4. The Hall–Kier alpha value is -0.360. The molecule has 0 saturated heterocycles. The van der Waals surface area contributed by atoms with Gasteiger partial charge in [-0.2, -0.15) is 20.5 Å². The summed E-state index contributed by atoms with van der Waals surface area (Å²) >= 11 is 0.814. The monoisotopic (exact) mass is 214 g/mol. The Kier molecular flexibility index (Phi) is 5.98. The van der Waals surface area contributed by atoms with Gasteiger partial charge in [-0.05, 0) is 6.92 Å². The van der Waals surface area contributed by atoms with Gasteiger partial charge in [0.05, 0.1) is 19.0 Å². The van der Waals surface area contributed by atoms with Crippen LogP contribution in [0.1, 0.15) is 6.92 Å². The Morgan fingerprint density at radius 1 is 1.62 bits per heavy atom. The third-order valence-corrected chi connectivity index (χ3v) is 2.13. The number of hydrogen-bond acceptors (Lipinski definition) is 4. The van der Waals surface area contributed by atoms with E-state index in [2.05, 4.69) is 4.74 Å². The van der Waals surface area contributed by atoms with Gasteiger partial charge in [0, 0.05) is 5.75 Å². The van der Waals surface area contributed by atoms with Crippen molar-refractivity contribution in [1.29, 1.82) is 0 Å². The first-order valence-corrected chi connectivity index (χ1v) is 4.93. The number of aliphatic hydroxyl groups excluding tert-OH is 1. The maximum Gasteiger partial charge on any atom is 0.377 e. The summed E-state index contributed by atoms with van der Waals surface area (Å²) < 4.78 is 29.7. The topological polar surface area (TPSA) is 46.5 Å². The van der Waals surface area contributed by atoms with Crippen molar-refractivity contribution in [2.45, 2.75) is 12.8 Å². The predicted molar refractivity (Wildman–Crippen MR) is 46.0 cm³/mol. The molecule has 0 aliphatic rings. The molecule has 13 heavy (non-hydrogen) atoms. The summed E-state index contributed by atoms with van der Waals surface area (Å²) in [6.07, 6.45) is 0. The van der Waals surface area contributed by atoms with Gasteiger partial charge in [0.1, 0.15) is 0 Å². The van der Waals surface area contributed by atoms with Gasteiger partial charge in [-0.1, -0.05) is 0 Å². The molecular formula is C7H12F2O3S. The van der Waals surface area contributed by atoms with E-state index in [1.54, 1.807) is 0 Å². The van der Waals surface area contributed by atoms with Gasteiger partial charge >= 0.3 is 11.9 Å². The summed E-state index contributed by atoms with van der Waals surface area (Å²) in [7, 11) is 0. The molecule has 0 aromatic heterocycles. The Bertz CT molecular complexity index is 164. The number of ether oxygens (including phenoxy) is 1. The minimum atomic E-state index is -3.45. The van der Waals surface area contributed by atoms with E-state index in [9.17, 15) is 13.6 Å². The number of alkyl halides is 2. The Labute approximate surface area is 79.5 Å². The first kappa shape index (κ1) is 12.6. The molecule has 78 valence electrons. The molecule has 0 rings (SSSR count). The lowest BCUT2D eigenvalue weighted by Crippen LogP contribution is -2.33. The van der Waals surface area contributed by atoms with Crippen molar-refractivity contribution in [3.8, 4) is 0 Å². The van der Waals surface area contributed by atoms with Crippen molar-refractivity contribution >= 4 is 17.7 Å². The molecule has 0 saturated carbocycles. The third kappa shape index (κ3) is 5.05. The van der Waals surface area contributed by atoms with E-state index in [0.717, 1.165) is 11.8 Å². The molecule has 0 aliphatic carbocycles. The van der Waals surface area contributed by atoms with Crippen LogP contribution >= 0.6 is 11.8 Å². The van der Waals surface area contributed by atoms with E-state index < -0.39 is 17.6 Å². The number of rotatable bonds is 6. The SMILES string of the molecule is CCOC(=O)C(F)(F)CSCCO. The minimum absolute atomic E-state index is 0.0565. The van der Waals surface area contributed by atoms with Crippen molar-refractivity contribution in [2.24, 2.45) is 0 Å². The highest BCUT2D eigenvalue weighted by atomic mass is 32.2. The molecule has 0 bridgehead atoms. The molecule has 0 unspecified atom stereocenters. The van der Waals surface area contributed by atoms with Crippen molar-refractivity contribution in [1.82, 2.24) is 0 Å². The molecule has 0 aliphatic heterocycles. The average Bonchev–Trinajstić information content (AvgIpc) is 2.05. The molecule has 0 atom stereocenters. The molecule has 3 nitrogen and oxygen atoms in total. The number of hydrogen-bond donors (Lipinski definition) is 1. The fraction of sp³-hybridized carbons (Fsp3) is 0.857. The molecule has 0 radical (unpaired) electrons. The summed E-state index contributed by atoms with van der Waals surface area (Å²) in [6, 6.07) is 0. The van der Waals surface area contributed by atoms with Crippen molar-refractivity contribution in [3.05, 3.63) is 0 Å². The van der Waals surface area contributed by atoms with E-state index in [4.69, 9.17) is 5.11 Å². The lowest BCUT2D eigenvalue weighted by atomic mass is 10.4. The van der Waals surface area contributed by atoms with E-state index in [1.165, 1.54) is 6.92 Å². The lowest BCUT2D eigenvalue weighted by Gasteiger charge is -2.13. The van der Waals surface area contributed by atoms with Gasteiger partial charge < -0.3 is 9.84 Å². The predicted octanol–water partition coefficient (Wildman–Crippen LogP) is 0.910. The Morgan fingerprint density at radius 3 is 2.69 bits per heavy atom. The second-order valence-electron chi connectivity index (χ2n) is 2.20. The molecule has 0 aromatic carbocycles. The van der Waals surface area contributed by atoms with Crippen LogP contribution in [-0.2, 0) is 9.53 Å². The number of carbonyl (C=O) groups excluding carboxylic acids is 1. The third-order valence-electron chi connectivity index (χ3n) is 1.09. The van der Waals surface area contributed by atoms with Crippen LogP contribution in [0.3, 0.4) is 0 Å². The van der Waals surface area contributed by atoms with Crippen LogP contribution in [-0.4, -0.2) is 41.7 Å². The van der Waals surface area contributed by atoms with Crippen LogP contribution in [0.25, 0.3) is 0 Å². The maximum atomic E-state index is 12.8. The highest BCUT2D eigenvalue weighted by Gasteiger charge is 2.40. The smallest absolute Gasteiger partial charge is 0.377 e. The van der Waals surface area contributed by atoms with E-state index >= 15 is 0 Å². The zero-order chi connectivity index (χ0) is 10.3. The fourth-order valence-electron chi connectivity index (χ4n) is 0.561. The highest BCUT2D eigenvalue weighted by molar-refractivity contribution is 7.99. The molecule has 0 heterocycles. The highest BCUT2D eigenvalue weighted by Crippen LogP contribution is 2.21. The summed E-state index contributed by atoms with van der Waals surface area (Å²) in [6.45, 7) is 1.23. The molecule has 0 fully saturated rings. The van der Waals surface area contributed by atoms with Crippen LogP contribution in [0.15, 0.2) is 0 Å². The summed E-state index contributed by atoms with van der Waals surface area (Å²) in [5, 5.41) is 8.32. The van der Waals surface area contributed by atoms with E-state index in [-0.39, 0.29) is 19.0 Å². The van der Waals surface area contributed by atoms with Crippen molar-refractivity contribution < 1.29 is 23.4 Å². The number of thioether (sulfide) groups is 1. The molecular weight excluding hydrogens is 202 g/mol. The largest absolute Gasteiger partial charge is 0.462 e. The van der Waals surface area contributed by atoms with Gasteiger partial charge in [0.15, 0.2) is 0 Å². The lowest BCUT2D eigenvalue weighted by molar-refractivity contribution is -0.167. The van der Waals surface area contributed by atoms with Crippen LogP contribution in [0, 0.1) is 0 Å². The summed E-state index contributed by atoms with van der Waals surface area (Å²) in [5.74, 6) is -5.41.